The normalized spacial score (nSPS) is 30.5. The van der Waals surface area contributed by atoms with Crippen LogP contribution in [0.15, 0.2) is 24.3 Å². The Bertz CT molecular complexity index is 499. The van der Waals surface area contributed by atoms with Crippen LogP contribution in [0.5, 0.6) is 0 Å². The molecule has 1 aromatic carbocycles. The van der Waals surface area contributed by atoms with Crippen molar-refractivity contribution in [2.75, 3.05) is 13.1 Å². The molecule has 0 unspecified atom stereocenters. The average Bonchev–Trinajstić information content (AvgIpc) is 2.89. The van der Waals surface area contributed by atoms with E-state index >= 15 is 0 Å². The lowest BCUT2D eigenvalue weighted by Gasteiger charge is -2.23. The summed E-state index contributed by atoms with van der Waals surface area (Å²) in [6.45, 7) is 4.68. The van der Waals surface area contributed by atoms with Gasteiger partial charge in [-0.3, -0.25) is 9.69 Å². The molecule has 0 radical (unpaired) electrons. The van der Waals surface area contributed by atoms with Crippen LogP contribution in [-0.4, -0.2) is 29.1 Å². The number of benzene rings is 1. The van der Waals surface area contributed by atoms with E-state index in [0.717, 1.165) is 38.9 Å². The summed E-state index contributed by atoms with van der Waals surface area (Å²) >= 11 is 0. The molecule has 2 atom stereocenters. The van der Waals surface area contributed by atoms with Crippen LogP contribution in [0.3, 0.4) is 0 Å². The van der Waals surface area contributed by atoms with Crippen molar-refractivity contribution in [2.24, 2.45) is 11.3 Å². The minimum absolute atomic E-state index is 0.356. The highest BCUT2D eigenvalue weighted by Crippen LogP contribution is 2.49. The number of rotatable bonds is 3. The molecule has 1 saturated heterocycles. The lowest BCUT2D eigenvalue weighted by molar-refractivity contribution is -0.149. The van der Waals surface area contributed by atoms with E-state index in [2.05, 4.69) is 36.1 Å². The zero-order valence-corrected chi connectivity index (χ0v) is 11.4. The van der Waals surface area contributed by atoms with E-state index in [9.17, 15) is 9.90 Å². The zero-order chi connectivity index (χ0) is 13.5. The molecule has 19 heavy (non-hydrogen) atoms. The van der Waals surface area contributed by atoms with Gasteiger partial charge in [-0.25, -0.2) is 0 Å². The SMILES string of the molecule is Cc1ccccc1CN1C[C@@H]2CCC[C@@]2(C(=O)O)C1. The van der Waals surface area contributed by atoms with E-state index in [0.29, 0.717) is 5.92 Å². The van der Waals surface area contributed by atoms with Crippen LogP contribution < -0.4 is 0 Å². The van der Waals surface area contributed by atoms with Crippen LogP contribution in [0.1, 0.15) is 30.4 Å². The highest BCUT2D eigenvalue weighted by Gasteiger charge is 2.54. The maximum absolute atomic E-state index is 11.6. The number of nitrogens with zero attached hydrogens (tertiary/aromatic N) is 1. The van der Waals surface area contributed by atoms with Crippen molar-refractivity contribution in [3.05, 3.63) is 35.4 Å². The molecule has 2 aliphatic rings. The highest BCUT2D eigenvalue weighted by molar-refractivity contribution is 5.76. The number of fused-ring (bicyclic) bond motifs is 1. The van der Waals surface area contributed by atoms with Gasteiger partial charge in [0.1, 0.15) is 0 Å². The lowest BCUT2D eigenvalue weighted by Crippen LogP contribution is -2.35. The van der Waals surface area contributed by atoms with Crippen LogP contribution >= 0.6 is 0 Å². The summed E-state index contributed by atoms with van der Waals surface area (Å²) in [4.78, 5) is 14.0. The van der Waals surface area contributed by atoms with Crippen molar-refractivity contribution in [1.29, 1.82) is 0 Å². The summed E-state index contributed by atoms with van der Waals surface area (Å²) in [5.41, 5.74) is 2.16. The fourth-order valence-electron chi connectivity index (χ4n) is 3.89. The van der Waals surface area contributed by atoms with Crippen LogP contribution in [0, 0.1) is 18.3 Å². The first-order valence-corrected chi connectivity index (χ1v) is 7.12. The second-order valence-corrected chi connectivity index (χ2v) is 6.15. The van der Waals surface area contributed by atoms with Crippen LogP contribution in [-0.2, 0) is 11.3 Å². The van der Waals surface area contributed by atoms with Gasteiger partial charge in [0.15, 0.2) is 0 Å². The number of aliphatic carboxylic acids is 1. The molecule has 0 spiro atoms. The molecular weight excluding hydrogens is 238 g/mol. The predicted octanol–water partition coefficient (Wildman–Crippen LogP) is 2.68. The van der Waals surface area contributed by atoms with Crippen molar-refractivity contribution in [3.63, 3.8) is 0 Å². The van der Waals surface area contributed by atoms with E-state index < -0.39 is 11.4 Å². The van der Waals surface area contributed by atoms with Gasteiger partial charge in [0.05, 0.1) is 5.41 Å². The fourth-order valence-corrected chi connectivity index (χ4v) is 3.89. The molecule has 1 saturated carbocycles. The van der Waals surface area contributed by atoms with Gasteiger partial charge in [-0.05, 0) is 36.8 Å². The molecule has 3 nitrogen and oxygen atoms in total. The second-order valence-electron chi connectivity index (χ2n) is 6.15. The molecule has 3 heteroatoms. The molecule has 0 bridgehead atoms. The Morgan fingerprint density at radius 2 is 2.26 bits per heavy atom. The van der Waals surface area contributed by atoms with Gasteiger partial charge < -0.3 is 5.11 Å². The maximum Gasteiger partial charge on any atom is 0.311 e. The van der Waals surface area contributed by atoms with Gasteiger partial charge in [0.25, 0.3) is 0 Å². The first-order chi connectivity index (χ1) is 9.12. The maximum atomic E-state index is 11.6. The molecule has 1 heterocycles. The summed E-state index contributed by atoms with van der Waals surface area (Å²) in [5, 5.41) is 9.59. The Morgan fingerprint density at radius 1 is 1.47 bits per heavy atom. The summed E-state index contributed by atoms with van der Waals surface area (Å²) in [5.74, 6) is -0.226. The summed E-state index contributed by atoms with van der Waals surface area (Å²) in [7, 11) is 0. The number of hydrogen-bond donors (Lipinski definition) is 1. The fraction of sp³-hybridized carbons (Fsp3) is 0.562. The molecule has 1 aliphatic carbocycles. The smallest absolute Gasteiger partial charge is 0.311 e. The van der Waals surface area contributed by atoms with Crippen LogP contribution in [0.25, 0.3) is 0 Å². The van der Waals surface area contributed by atoms with E-state index in [1.165, 1.54) is 11.1 Å². The topological polar surface area (TPSA) is 40.5 Å². The van der Waals surface area contributed by atoms with E-state index in [1.54, 1.807) is 0 Å². The molecule has 0 amide bonds. The Hall–Kier alpha value is -1.35. The number of carboxylic acids is 1. The zero-order valence-electron chi connectivity index (χ0n) is 11.4. The quantitative estimate of drug-likeness (QED) is 0.907. The molecule has 1 aliphatic heterocycles. The van der Waals surface area contributed by atoms with Crippen molar-refractivity contribution in [2.45, 2.75) is 32.7 Å². The Labute approximate surface area is 114 Å². The van der Waals surface area contributed by atoms with Gasteiger partial charge in [0, 0.05) is 19.6 Å². The van der Waals surface area contributed by atoms with E-state index in [-0.39, 0.29) is 0 Å². The Balaban J connectivity index is 1.76. The van der Waals surface area contributed by atoms with Crippen molar-refractivity contribution < 1.29 is 9.90 Å². The van der Waals surface area contributed by atoms with Crippen LogP contribution in [0.4, 0.5) is 0 Å². The van der Waals surface area contributed by atoms with Gasteiger partial charge in [-0.2, -0.15) is 0 Å². The molecule has 3 rings (SSSR count). The average molecular weight is 259 g/mol. The molecular formula is C16H21NO2. The second kappa shape index (κ2) is 4.64. The predicted molar refractivity (Wildman–Crippen MR) is 73.9 cm³/mol. The van der Waals surface area contributed by atoms with Gasteiger partial charge >= 0.3 is 5.97 Å². The van der Waals surface area contributed by atoms with Crippen molar-refractivity contribution >= 4 is 5.97 Å². The first kappa shape index (κ1) is 12.7. The largest absolute Gasteiger partial charge is 0.481 e. The molecule has 0 aromatic heterocycles. The summed E-state index contributed by atoms with van der Waals surface area (Å²) in [6.07, 6.45) is 3.02. The van der Waals surface area contributed by atoms with Crippen molar-refractivity contribution in [1.82, 2.24) is 4.90 Å². The minimum Gasteiger partial charge on any atom is -0.481 e. The van der Waals surface area contributed by atoms with Crippen LogP contribution in [0.2, 0.25) is 0 Å². The Kier molecular flexibility index (Phi) is 3.09. The third-order valence-corrected chi connectivity index (χ3v) is 5.02. The van der Waals surface area contributed by atoms with Gasteiger partial charge in [-0.1, -0.05) is 30.7 Å². The van der Waals surface area contributed by atoms with Crippen molar-refractivity contribution in [3.8, 4) is 0 Å². The number of carbonyl (C=O) groups is 1. The summed E-state index contributed by atoms with van der Waals surface area (Å²) in [6, 6.07) is 8.39. The van der Waals surface area contributed by atoms with E-state index in [4.69, 9.17) is 0 Å². The molecule has 102 valence electrons. The standard InChI is InChI=1S/C16H21NO2/c1-12-5-2-3-6-13(12)9-17-10-14-7-4-8-16(14,11-17)15(18)19/h2-3,5-6,14H,4,7-11H2,1H3,(H,18,19)/t14-,16+/m0/s1. The molecule has 1 aromatic rings. The number of likely N-dealkylation sites (tertiary alicyclic amines) is 1. The number of carboxylic acid groups (broad SMARTS) is 1. The first-order valence-electron chi connectivity index (χ1n) is 7.12. The third-order valence-electron chi connectivity index (χ3n) is 5.02. The highest BCUT2D eigenvalue weighted by atomic mass is 16.4. The third kappa shape index (κ3) is 2.06. The summed E-state index contributed by atoms with van der Waals surface area (Å²) < 4.78 is 0. The molecule has 2 fully saturated rings. The monoisotopic (exact) mass is 259 g/mol. The van der Waals surface area contributed by atoms with Gasteiger partial charge in [0.2, 0.25) is 0 Å². The minimum atomic E-state index is -0.581. The van der Waals surface area contributed by atoms with Gasteiger partial charge in [-0.15, -0.1) is 0 Å². The van der Waals surface area contributed by atoms with E-state index in [1.807, 2.05) is 0 Å². The number of aryl methyl sites for hydroxylation is 1. The Morgan fingerprint density at radius 3 is 2.95 bits per heavy atom. The molecule has 1 N–H and O–H groups in total. The number of hydrogen-bond acceptors (Lipinski definition) is 2. The lowest BCUT2D eigenvalue weighted by atomic mass is 9.81.